The lowest BCUT2D eigenvalue weighted by Gasteiger charge is -2.30. The topological polar surface area (TPSA) is 98.7 Å². The number of amides is 2. The van der Waals surface area contributed by atoms with E-state index in [0.717, 1.165) is 25.7 Å². The quantitative estimate of drug-likeness (QED) is 0.608. The van der Waals surface area contributed by atoms with Gasteiger partial charge in [0, 0.05) is 6.04 Å². The van der Waals surface area contributed by atoms with Crippen molar-refractivity contribution in [1.29, 1.82) is 0 Å². The molecule has 6 heteroatoms. The van der Waals surface area contributed by atoms with E-state index < -0.39 is 17.5 Å². The maximum absolute atomic E-state index is 11.9. The number of hydrogen-bond acceptors (Lipinski definition) is 3. The predicted molar refractivity (Wildman–Crippen MR) is 68.7 cm³/mol. The Kier molecular flexibility index (Phi) is 3.99. The number of urea groups is 1. The average Bonchev–Trinajstić information content (AvgIpc) is 3.16. The zero-order valence-corrected chi connectivity index (χ0v) is 11.2. The molecule has 19 heavy (non-hydrogen) atoms. The van der Waals surface area contributed by atoms with Crippen LogP contribution in [0.15, 0.2) is 0 Å². The molecule has 0 bridgehead atoms. The number of hydrogen-bond donors (Lipinski definition) is 4. The van der Waals surface area contributed by atoms with E-state index in [1.165, 1.54) is 0 Å². The van der Waals surface area contributed by atoms with Crippen molar-refractivity contribution in [1.82, 2.24) is 10.6 Å². The number of aliphatic hydroxyl groups is 1. The van der Waals surface area contributed by atoms with Gasteiger partial charge in [-0.2, -0.15) is 0 Å². The summed E-state index contributed by atoms with van der Waals surface area (Å²) in [6.07, 6.45) is 4.27. The molecule has 6 nitrogen and oxygen atoms in total. The van der Waals surface area contributed by atoms with Crippen molar-refractivity contribution in [3.63, 3.8) is 0 Å². The smallest absolute Gasteiger partial charge is 0.329 e. The van der Waals surface area contributed by atoms with Crippen LogP contribution in [0.5, 0.6) is 0 Å². The maximum atomic E-state index is 11.9. The van der Waals surface area contributed by atoms with Crippen molar-refractivity contribution < 1.29 is 19.8 Å². The molecular formula is C13H22N2O4. The minimum Gasteiger partial charge on any atom is -0.480 e. The molecule has 0 spiro atoms. The zero-order chi connectivity index (χ0) is 14.0. The van der Waals surface area contributed by atoms with Crippen LogP contribution < -0.4 is 10.6 Å². The summed E-state index contributed by atoms with van der Waals surface area (Å²) in [6, 6.07) is -0.390. The molecule has 0 heterocycles. The summed E-state index contributed by atoms with van der Waals surface area (Å²) in [7, 11) is 0. The molecule has 2 rings (SSSR count). The normalized spacial score (nSPS) is 30.2. The Morgan fingerprint density at radius 2 is 1.68 bits per heavy atom. The van der Waals surface area contributed by atoms with Crippen molar-refractivity contribution in [2.24, 2.45) is 5.92 Å². The first-order valence-corrected chi connectivity index (χ1v) is 6.92. The van der Waals surface area contributed by atoms with Gasteiger partial charge in [-0.25, -0.2) is 9.59 Å². The molecule has 2 saturated carbocycles. The van der Waals surface area contributed by atoms with Gasteiger partial charge in [-0.3, -0.25) is 0 Å². The van der Waals surface area contributed by atoms with Crippen LogP contribution in [-0.2, 0) is 4.79 Å². The van der Waals surface area contributed by atoms with Crippen LogP contribution in [0.3, 0.4) is 0 Å². The Labute approximate surface area is 112 Å². The van der Waals surface area contributed by atoms with Crippen molar-refractivity contribution in [2.75, 3.05) is 0 Å². The minimum absolute atomic E-state index is 0.0284. The number of aliphatic carboxylic acids is 1. The van der Waals surface area contributed by atoms with E-state index in [1.807, 2.05) is 0 Å². The van der Waals surface area contributed by atoms with Gasteiger partial charge in [0.25, 0.3) is 0 Å². The summed E-state index contributed by atoms with van der Waals surface area (Å²) in [5.41, 5.74) is -1.17. The molecule has 0 aromatic heterocycles. The van der Waals surface area contributed by atoms with Crippen LogP contribution >= 0.6 is 0 Å². The number of nitrogens with one attached hydrogen (secondary N) is 2. The van der Waals surface area contributed by atoms with E-state index in [2.05, 4.69) is 10.6 Å². The van der Waals surface area contributed by atoms with Gasteiger partial charge >= 0.3 is 12.0 Å². The Morgan fingerprint density at radius 3 is 2.16 bits per heavy atom. The van der Waals surface area contributed by atoms with Gasteiger partial charge in [-0.05, 0) is 51.4 Å². The molecule has 0 saturated heterocycles. The zero-order valence-electron chi connectivity index (χ0n) is 11.2. The fourth-order valence-electron chi connectivity index (χ4n) is 2.67. The van der Waals surface area contributed by atoms with Crippen LogP contribution in [-0.4, -0.2) is 39.9 Å². The second-order valence-corrected chi connectivity index (χ2v) is 5.89. The van der Waals surface area contributed by atoms with Crippen molar-refractivity contribution >= 4 is 12.0 Å². The largest absolute Gasteiger partial charge is 0.480 e. The molecule has 2 aliphatic rings. The third kappa shape index (κ3) is 3.37. The summed E-state index contributed by atoms with van der Waals surface area (Å²) in [4.78, 5) is 23.2. The van der Waals surface area contributed by atoms with Gasteiger partial charge in [0.2, 0.25) is 0 Å². The van der Waals surface area contributed by atoms with Gasteiger partial charge in [0.15, 0.2) is 0 Å². The molecule has 0 aliphatic heterocycles. The molecule has 1 atom stereocenters. The van der Waals surface area contributed by atoms with E-state index in [-0.39, 0.29) is 18.1 Å². The molecule has 1 unspecified atom stereocenters. The predicted octanol–water partition coefficient (Wildman–Crippen LogP) is 0.842. The van der Waals surface area contributed by atoms with Crippen molar-refractivity contribution in [3.05, 3.63) is 0 Å². The molecule has 2 amide bonds. The third-order valence-electron chi connectivity index (χ3n) is 4.24. The molecule has 108 valence electrons. The van der Waals surface area contributed by atoms with Gasteiger partial charge in [-0.15, -0.1) is 0 Å². The first-order valence-electron chi connectivity index (χ1n) is 6.92. The SMILES string of the molecule is CC(NC(=O)NC1CCC(O)CC1)(C(=O)O)C1CC1. The highest BCUT2D eigenvalue weighted by Gasteiger charge is 2.48. The fourth-order valence-corrected chi connectivity index (χ4v) is 2.67. The molecule has 4 N–H and O–H groups in total. The summed E-state index contributed by atoms with van der Waals surface area (Å²) in [6.45, 7) is 1.57. The fraction of sp³-hybridized carbons (Fsp3) is 0.846. The number of aliphatic hydroxyl groups excluding tert-OH is 1. The number of carbonyl (C=O) groups excluding carboxylic acids is 1. The third-order valence-corrected chi connectivity index (χ3v) is 4.24. The molecular weight excluding hydrogens is 248 g/mol. The minimum atomic E-state index is -1.17. The van der Waals surface area contributed by atoms with E-state index in [0.29, 0.717) is 12.8 Å². The monoisotopic (exact) mass is 270 g/mol. The molecule has 0 radical (unpaired) electrons. The van der Waals surface area contributed by atoms with Gasteiger partial charge in [-0.1, -0.05) is 0 Å². The summed E-state index contributed by atoms with van der Waals surface area (Å²) in [5.74, 6) is -0.951. The Morgan fingerprint density at radius 1 is 1.11 bits per heavy atom. The van der Waals surface area contributed by atoms with Crippen LogP contribution in [0.25, 0.3) is 0 Å². The highest BCUT2D eigenvalue weighted by molar-refractivity contribution is 5.86. The first-order chi connectivity index (χ1) is 8.91. The number of carboxylic acid groups (broad SMARTS) is 1. The first kappa shape index (κ1) is 14.1. The number of rotatable bonds is 4. The van der Waals surface area contributed by atoms with Crippen LogP contribution in [0, 0.1) is 5.92 Å². The Hall–Kier alpha value is -1.30. The standard InChI is InChI=1S/C13H22N2O4/c1-13(11(17)18,8-2-3-8)15-12(19)14-9-4-6-10(16)7-5-9/h8-10,16H,2-7H2,1H3,(H,17,18)(H2,14,15,19). The molecule has 2 aliphatic carbocycles. The van der Waals surface area contributed by atoms with E-state index >= 15 is 0 Å². The summed E-state index contributed by atoms with van der Waals surface area (Å²) < 4.78 is 0. The molecule has 2 fully saturated rings. The van der Waals surface area contributed by atoms with Crippen molar-refractivity contribution in [3.8, 4) is 0 Å². The number of carbonyl (C=O) groups is 2. The maximum Gasteiger partial charge on any atom is 0.329 e. The lowest BCUT2D eigenvalue weighted by Crippen LogP contribution is -2.58. The van der Waals surface area contributed by atoms with Crippen LogP contribution in [0.4, 0.5) is 4.79 Å². The highest BCUT2D eigenvalue weighted by Crippen LogP contribution is 2.39. The summed E-state index contributed by atoms with van der Waals surface area (Å²) in [5, 5.41) is 24.1. The lowest BCUT2D eigenvalue weighted by atomic mass is 9.93. The average molecular weight is 270 g/mol. The van der Waals surface area contributed by atoms with Crippen LogP contribution in [0.2, 0.25) is 0 Å². The van der Waals surface area contributed by atoms with E-state index in [1.54, 1.807) is 6.92 Å². The molecule has 0 aromatic carbocycles. The summed E-state index contributed by atoms with van der Waals surface area (Å²) >= 11 is 0. The highest BCUT2D eigenvalue weighted by atomic mass is 16.4. The van der Waals surface area contributed by atoms with Crippen LogP contribution in [0.1, 0.15) is 45.4 Å². The second-order valence-electron chi connectivity index (χ2n) is 5.89. The lowest BCUT2D eigenvalue weighted by molar-refractivity contribution is -0.144. The van der Waals surface area contributed by atoms with Gasteiger partial charge < -0.3 is 20.8 Å². The van der Waals surface area contributed by atoms with Gasteiger partial charge in [0.1, 0.15) is 5.54 Å². The Bertz CT molecular complexity index is 362. The van der Waals surface area contributed by atoms with E-state index in [9.17, 15) is 19.8 Å². The Balaban J connectivity index is 1.84. The molecule has 0 aromatic rings. The van der Waals surface area contributed by atoms with E-state index in [4.69, 9.17) is 0 Å². The number of carboxylic acids is 1. The van der Waals surface area contributed by atoms with Gasteiger partial charge in [0.05, 0.1) is 6.10 Å². The van der Waals surface area contributed by atoms with Crippen molar-refractivity contribution in [2.45, 2.75) is 63.1 Å². The second kappa shape index (κ2) is 5.36.